The van der Waals surface area contributed by atoms with Gasteiger partial charge in [0.2, 0.25) is 5.91 Å². The SMILES string of the molecule is CCCCC/C=C\C=C/CCCCCCCCC(=O)NC(COP(=O)(O)OCC[N+](C)(C)C)C(O)/C=C/CC/C=C/CC/C=C/CCCCCCCCCCCCC. The molecule has 0 aromatic carbocycles. The third kappa shape index (κ3) is 42.3. The molecule has 338 valence electrons. The molecule has 0 bridgehead atoms. The van der Waals surface area contributed by atoms with E-state index in [0.717, 1.165) is 64.2 Å². The van der Waals surface area contributed by atoms with Gasteiger partial charge in [0.15, 0.2) is 0 Å². The summed E-state index contributed by atoms with van der Waals surface area (Å²) in [6.07, 6.45) is 53.0. The molecule has 0 aliphatic carbocycles. The van der Waals surface area contributed by atoms with Crippen LogP contribution in [0.25, 0.3) is 0 Å². The van der Waals surface area contributed by atoms with E-state index in [1.807, 2.05) is 27.2 Å². The zero-order valence-electron chi connectivity index (χ0n) is 38.3. The molecule has 3 atom stereocenters. The number of phosphoric ester groups is 1. The summed E-state index contributed by atoms with van der Waals surface area (Å²) in [5.74, 6) is -0.205. The van der Waals surface area contributed by atoms with Crippen LogP contribution in [0.15, 0.2) is 60.8 Å². The van der Waals surface area contributed by atoms with Crippen LogP contribution in [0.3, 0.4) is 0 Å². The Morgan fingerprint density at radius 2 is 1.00 bits per heavy atom. The van der Waals surface area contributed by atoms with Gasteiger partial charge in [0, 0.05) is 6.42 Å². The van der Waals surface area contributed by atoms with E-state index in [9.17, 15) is 19.4 Å². The van der Waals surface area contributed by atoms with E-state index in [-0.39, 0.29) is 19.1 Å². The second-order valence-corrected chi connectivity index (χ2v) is 18.6. The number of amides is 1. The van der Waals surface area contributed by atoms with Crippen LogP contribution in [-0.2, 0) is 18.4 Å². The maximum Gasteiger partial charge on any atom is 0.472 e. The second kappa shape index (κ2) is 40.6. The molecule has 0 aromatic heterocycles. The first kappa shape index (κ1) is 56.2. The molecule has 0 aliphatic rings. The molecular formula is C49H92N2O6P+. The van der Waals surface area contributed by atoms with E-state index >= 15 is 0 Å². The lowest BCUT2D eigenvalue weighted by atomic mass is 10.1. The molecule has 0 heterocycles. The fourth-order valence-corrected chi connectivity index (χ4v) is 7.15. The third-order valence-electron chi connectivity index (χ3n) is 10.2. The molecule has 0 radical (unpaired) electrons. The molecule has 0 saturated heterocycles. The van der Waals surface area contributed by atoms with Gasteiger partial charge in [-0.1, -0.05) is 177 Å². The van der Waals surface area contributed by atoms with E-state index in [1.54, 1.807) is 6.08 Å². The number of unbranched alkanes of at least 4 members (excludes halogenated alkanes) is 22. The van der Waals surface area contributed by atoms with Crippen molar-refractivity contribution in [1.82, 2.24) is 5.32 Å². The number of carbonyl (C=O) groups excluding carboxylic acids is 1. The smallest absolute Gasteiger partial charge is 0.387 e. The highest BCUT2D eigenvalue weighted by atomic mass is 31.2. The minimum absolute atomic E-state index is 0.0489. The van der Waals surface area contributed by atoms with Crippen molar-refractivity contribution >= 4 is 13.7 Å². The first-order chi connectivity index (χ1) is 28.0. The quantitative estimate of drug-likeness (QED) is 0.0186. The Labute approximate surface area is 358 Å². The number of nitrogens with zero attached hydrogens (tertiary/aromatic N) is 1. The highest BCUT2D eigenvalue weighted by Gasteiger charge is 2.27. The van der Waals surface area contributed by atoms with Crippen molar-refractivity contribution in [3.8, 4) is 0 Å². The summed E-state index contributed by atoms with van der Waals surface area (Å²) in [6, 6.07) is -0.877. The lowest BCUT2D eigenvalue weighted by Crippen LogP contribution is -2.45. The largest absolute Gasteiger partial charge is 0.472 e. The van der Waals surface area contributed by atoms with E-state index < -0.39 is 20.0 Å². The predicted octanol–water partition coefficient (Wildman–Crippen LogP) is 13.4. The Bertz CT molecular complexity index is 1130. The Morgan fingerprint density at radius 3 is 1.52 bits per heavy atom. The van der Waals surface area contributed by atoms with Crippen LogP contribution in [0.5, 0.6) is 0 Å². The van der Waals surface area contributed by atoms with Gasteiger partial charge in [-0.3, -0.25) is 13.8 Å². The molecular weight excluding hydrogens is 744 g/mol. The highest BCUT2D eigenvalue weighted by molar-refractivity contribution is 7.47. The van der Waals surface area contributed by atoms with Crippen molar-refractivity contribution in [2.75, 3.05) is 40.9 Å². The summed E-state index contributed by atoms with van der Waals surface area (Å²) in [5, 5.41) is 13.8. The van der Waals surface area contributed by atoms with E-state index in [0.29, 0.717) is 17.4 Å². The van der Waals surface area contributed by atoms with Crippen molar-refractivity contribution in [2.24, 2.45) is 0 Å². The van der Waals surface area contributed by atoms with Gasteiger partial charge in [-0.15, -0.1) is 0 Å². The maximum atomic E-state index is 12.9. The van der Waals surface area contributed by atoms with Gasteiger partial charge < -0.3 is 19.8 Å². The van der Waals surface area contributed by atoms with Crippen molar-refractivity contribution in [3.63, 3.8) is 0 Å². The number of hydrogen-bond donors (Lipinski definition) is 3. The van der Waals surface area contributed by atoms with Crippen molar-refractivity contribution in [3.05, 3.63) is 60.8 Å². The van der Waals surface area contributed by atoms with Crippen molar-refractivity contribution < 1.29 is 32.9 Å². The van der Waals surface area contributed by atoms with Crippen LogP contribution in [0.2, 0.25) is 0 Å². The predicted molar refractivity (Wildman–Crippen MR) is 249 cm³/mol. The monoisotopic (exact) mass is 836 g/mol. The Kier molecular flexibility index (Phi) is 39.3. The number of carbonyl (C=O) groups is 1. The first-order valence-electron chi connectivity index (χ1n) is 23.7. The molecule has 0 aliphatic heterocycles. The van der Waals surface area contributed by atoms with Crippen molar-refractivity contribution in [1.29, 1.82) is 0 Å². The Hall–Kier alpha value is -1.80. The van der Waals surface area contributed by atoms with Gasteiger partial charge in [-0.2, -0.15) is 0 Å². The Morgan fingerprint density at radius 1 is 0.586 bits per heavy atom. The molecule has 0 rings (SSSR count). The van der Waals surface area contributed by atoms with E-state index in [1.165, 1.54) is 109 Å². The number of quaternary nitrogens is 1. The summed E-state index contributed by atoms with van der Waals surface area (Å²) in [5.41, 5.74) is 0. The van der Waals surface area contributed by atoms with Crippen molar-refractivity contribution in [2.45, 2.75) is 206 Å². The summed E-state index contributed by atoms with van der Waals surface area (Å²) in [6.45, 7) is 4.74. The van der Waals surface area contributed by atoms with Gasteiger partial charge in [-0.05, 0) is 70.6 Å². The van der Waals surface area contributed by atoms with Gasteiger partial charge in [0.25, 0.3) is 0 Å². The number of allylic oxidation sites excluding steroid dienone is 9. The molecule has 58 heavy (non-hydrogen) atoms. The molecule has 8 nitrogen and oxygen atoms in total. The van der Waals surface area contributed by atoms with Crippen LogP contribution in [0.1, 0.15) is 194 Å². The highest BCUT2D eigenvalue weighted by Crippen LogP contribution is 2.43. The molecule has 3 N–H and O–H groups in total. The topological polar surface area (TPSA) is 105 Å². The summed E-state index contributed by atoms with van der Waals surface area (Å²) in [4.78, 5) is 23.1. The van der Waals surface area contributed by atoms with Crippen LogP contribution in [0.4, 0.5) is 0 Å². The molecule has 0 fully saturated rings. The number of aliphatic hydroxyl groups excluding tert-OH is 1. The summed E-state index contributed by atoms with van der Waals surface area (Å²) < 4.78 is 23.6. The molecule has 1 amide bonds. The summed E-state index contributed by atoms with van der Waals surface area (Å²) >= 11 is 0. The molecule has 9 heteroatoms. The number of phosphoric acid groups is 1. The number of hydrogen-bond acceptors (Lipinski definition) is 5. The first-order valence-corrected chi connectivity index (χ1v) is 25.2. The average Bonchev–Trinajstić information content (AvgIpc) is 3.17. The normalized spacial score (nSPS) is 14.8. The minimum atomic E-state index is -4.36. The number of rotatable bonds is 42. The van der Waals surface area contributed by atoms with Gasteiger partial charge >= 0.3 is 7.82 Å². The zero-order valence-corrected chi connectivity index (χ0v) is 39.2. The van der Waals surface area contributed by atoms with Crippen LogP contribution in [0, 0.1) is 0 Å². The van der Waals surface area contributed by atoms with Crippen LogP contribution >= 0.6 is 7.82 Å². The lowest BCUT2D eigenvalue weighted by molar-refractivity contribution is -0.870. The number of nitrogens with one attached hydrogen (secondary N) is 1. The lowest BCUT2D eigenvalue weighted by Gasteiger charge is -2.25. The standard InChI is InChI=1S/C49H91N2O6P/c1-6-8-10-12-14-16-18-20-22-23-24-25-26-27-29-30-32-34-36-38-40-42-48(52)47(46-57-58(54,55)56-45-44-51(3,4)5)50-49(53)43-41-39-37-35-33-31-28-21-19-17-15-13-11-9-7-2/h15,17,19,21,26-27,32,34,40,42,47-48,52H,6-14,16,18,20,22-25,28-31,33,35-39,41,43-46H2,1-5H3,(H-,50,53,54,55)/p+1/b17-15-,21-19-,27-26+,34-32+,42-40+. The third-order valence-corrected chi connectivity index (χ3v) is 11.2. The van der Waals surface area contributed by atoms with E-state index in [2.05, 4.69) is 67.8 Å². The Balaban J connectivity index is 4.48. The van der Waals surface area contributed by atoms with E-state index in [4.69, 9.17) is 9.05 Å². The summed E-state index contributed by atoms with van der Waals surface area (Å²) in [7, 11) is 1.53. The molecule has 0 aromatic rings. The maximum absolute atomic E-state index is 12.9. The molecule has 0 saturated carbocycles. The fraction of sp³-hybridized carbons (Fsp3) is 0.776. The van der Waals surface area contributed by atoms with Gasteiger partial charge in [0.1, 0.15) is 13.2 Å². The fourth-order valence-electron chi connectivity index (χ4n) is 6.42. The average molecular weight is 836 g/mol. The molecule has 3 unspecified atom stereocenters. The van der Waals surface area contributed by atoms with Crippen LogP contribution < -0.4 is 5.32 Å². The second-order valence-electron chi connectivity index (χ2n) is 17.1. The zero-order chi connectivity index (χ0) is 42.8. The molecule has 0 spiro atoms. The van der Waals surface area contributed by atoms with Crippen LogP contribution in [-0.4, -0.2) is 73.4 Å². The minimum Gasteiger partial charge on any atom is -0.387 e. The number of aliphatic hydroxyl groups is 1. The number of likely N-dealkylation sites (N-methyl/N-ethyl adjacent to an activating group) is 1. The van der Waals surface area contributed by atoms with Gasteiger partial charge in [0.05, 0.1) is 39.9 Å². The van der Waals surface area contributed by atoms with Gasteiger partial charge in [-0.25, -0.2) is 4.57 Å².